The van der Waals surface area contributed by atoms with Crippen LogP contribution in [-0.2, 0) is 9.59 Å². The molecule has 3 amide bonds. The van der Waals surface area contributed by atoms with Gasteiger partial charge in [-0.15, -0.1) is 0 Å². The van der Waals surface area contributed by atoms with Crippen molar-refractivity contribution in [3.63, 3.8) is 0 Å². The number of halogens is 2. The molecule has 3 rings (SSSR count). The van der Waals surface area contributed by atoms with Crippen LogP contribution in [0, 0.1) is 11.7 Å². The lowest BCUT2D eigenvalue weighted by atomic mass is 9.89. The summed E-state index contributed by atoms with van der Waals surface area (Å²) in [5, 5.41) is 2.42. The fourth-order valence-electron chi connectivity index (χ4n) is 3.40. The molecule has 0 radical (unpaired) electrons. The molecule has 1 saturated heterocycles. The van der Waals surface area contributed by atoms with E-state index in [9.17, 15) is 18.8 Å². The summed E-state index contributed by atoms with van der Waals surface area (Å²) >= 11 is 5.90. The van der Waals surface area contributed by atoms with Gasteiger partial charge in [0.2, 0.25) is 5.91 Å². The van der Waals surface area contributed by atoms with Gasteiger partial charge in [0, 0.05) is 12.7 Å². The molecule has 7 nitrogen and oxygen atoms in total. The maximum Gasteiger partial charge on any atom is 0.313 e. The fraction of sp³-hybridized carbons (Fsp3) is 0.300. The number of rotatable bonds is 3. The maximum atomic E-state index is 13.5. The number of hydrogen-bond donors (Lipinski definition) is 2. The van der Waals surface area contributed by atoms with Gasteiger partial charge in [-0.1, -0.05) is 24.6 Å². The second kappa shape index (κ2) is 8.57. The van der Waals surface area contributed by atoms with Gasteiger partial charge in [-0.05, 0) is 42.5 Å². The van der Waals surface area contributed by atoms with E-state index in [1.54, 1.807) is 6.07 Å². The molecule has 1 fully saturated rings. The van der Waals surface area contributed by atoms with Gasteiger partial charge >= 0.3 is 11.8 Å². The molecule has 0 unspecified atom stereocenters. The first-order valence-electron chi connectivity index (χ1n) is 9.08. The summed E-state index contributed by atoms with van der Waals surface area (Å²) in [6, 6.07) is 5.25. The Morgan fingerprint density at radius 1 is 1.24 bits per heavy atom. The van der Waals surface area contributed by atoms with Gasteiger partial charge in [-0.2, -0.15) is 0 Å². The van der Waals surface area contributed by atoms with Crippen LogP contribution in [0.2, 0.25) is 5.02 Å². The van der Waals surface area contributed by atoms with Crippen molar-refractivity contribution in [2.75, 3.05) is 11.9 Å². The molecule has 3 N–H and O–H groups in total. The second-order valence-electron chi connectivity index (χ2n) is 7.11. The van der Waals surface area contributed by atoms with Crippen LogP contribution >= 0.6 is 11.6 Å². The third-order valence-electron chi connectivity index (χ3n) is 4.88. The molecule has 9 heteroatoms. The quantitative estimate of drug-likeness (QED) is 0.747. The summed E-state index contributed by atoms with van der Waals surface area (Å²) < 4.78 is 13.5. The number of carbonyl (C=O) groups excluding carboxylic acids is 3. The standard InChI is InChI=1S/C20H20ClFN4O3/c1-11-2-5-17(12-3-4-16(22)15(21)7-12)26(10-11)20(29)19(28)25-14-6-13(18(23)27)8-24-9-14/h3-4,6-9,11,17H,2,5,10H2,1H3,(H2,23,27)(H,25,28)/t11-,17+/m0/s1. The van der Waals surface area contributed by atoms with Crippen molar-refractivity contribution in [3.8, 4) is 0 Å². The number of carbonyl (C=O) groups is 3. The van der Waals surface area contributed by atoms with Gasteiger partial charge in [-0.3, -0.25) is 19.4 Å². The van der Waals surface area contributed by atoms with Crippen LogP contribution < -0.4 is 11.1 Å². The Morgan fingerprint density at radius 3 is 2.69 bits per heavy atom. The molecule has 1 aliphatic heterocycles. The van der Waals surface area contributed by atoms with Gasteiger partial charge in [0.05, 0.1) is 28.5 Å². The average molecular weight is 419 g/mol. The van der Waals surface area contributed by atoms with Crippen molar-refractivity contribution in [2.24, 2.45) is 11.7 Å². The van der Waals surface area contributed by atoms with Crippen molar-refractivity contribution >= 4 is 35.0 Å². The summed E-state index contributed by atoms with van der Waals surface area (Å²) in [4.78, 5) is 42.0. The minimum atomic E-state index is -0.860. The molecule has 152 valence electrons. The highest BCUT2D eigenvalue weighted by molar-refractivity contribution is 6.39. The molecule has 2 aromatic rings. The predicted octanol–water partition coefficient (Wildman–Crippen LogP) is 2.91. The number of hydrogen-bond acceptors (Lipinski definition) is 4. The van der Waals surface area contributed by atoms with E-state index in [2.05, 4.69) is 10.3 Å². The van der Waals surface area contributed by atoms with E-state index in [0.717, 1.165) is 6.42 Å². The van der Waals surface area contributed by atoms with E-state index in [4.69, 9.17) is 17.3 Å². The van der Waals surface area contributed by atoms with Crippen LogP contribution in [-0.4, -0.2) is 34.2 Å². The van der Waals surface area contributed by atoms with Gasteiger partial charge < -0.3 is 16.0 Å². The minimum Gasteiger partial charge on any atom is -0.366 e. The van der Waals surface area contributed by atoms with Crippen LogP contribution in [0.1, 0.15) is 41.7 Å². The molecule has 2 atom stereocenters. The van der Waals surface area contributed by atoms with Gasteiger partial charge in [0.1, 0.15) is 5.82 Å². The Morgan fingerprint density at radius 2 is 2.00 bits per heavy atom. The number of piperidine rings is 1. The monoisotopic (exact) mass is 418 g/mol. The minimum absolute atomic E-state index is 0.0349. The summed E-state index contributed by atoms with van der Waals surface area (Å²) in [5.41, 5.74) is 6.17. The van der Waals surface area contributed by atoms with Crippen LogP contribution in [0.25, 0.3) is 0 Å². The SMILES string of the molecule is C[C@H]1CC[C@H](c2ccc(F)c(Cl)c2)N(C(=O)C(=O)Nc2cncc(C(N)=O)c2)C1. The maximum absolute atomic E-state index is 13.5. The van der Waals surface area contributed by atoms with E-state index in [1.165, 1.54) is 35.5 Å². The lowest BCUT2D eigenvalue weighted by Crippen LogP contribution is -2.46. The first kappa shape index (κ1) is 20.7. The molecule has 0 spiro atoms. The van der Waals surface area contributed by atoms with E-state index in [1.807, 2.05) is 6.92 Å². The first-order chi connectivity index (χ1) is 13.8. The molecule has 0 bridgehead atoms. The van der Waals surface area contributed by atoms with Crippen LogP contribution in [0.4, 0.5) is 10.1 Å². The van der Waals surface area contributed by atoms with Crippen LogP contribution in [0.5, 0.6) is 0 Å². The number of amides is 3. The van der Waals surface area contributed by atoms with Crippen molar-refractivity contribution in [3.05, 3.63) is 58.6 Å². The highest BCUT2D eigenvalue weighted by Gasteiger charge is 2.34. The number of nitrogens with zero attached hydrogens (tertiary/aromatic N) is 2. The van der Waals surface area contributed by atoms with E-state index < -0.39 is 29.6 Å². The number of primary amides is 1. The third kappa shape index (κ3) is 4.71. The molecule has 1 aromatic carbocycles. The molecule has 1 aliphatic rings. The highest BCUT2D eigenvalue weighted by Crippen LogP contribution is 2.35. The Hall–Kier alpha value is -3.00. The number of nitrogens with one attached hydrogen (secondary N) is 1. The molecular weight excluding hydrogens is 399 g/mol. The Balaban J connectivity index is 1.81. The number of aromatic nitrogens is 1. The summed E-state index contributed by atoms with van der Waals surface area (Å²) in [6.07, 6.45) is 4.06. The van der Waals surface area contributed by atoms with Gasteiger partial charge in [0.15, 0.2) is 0 Å². The summed E-state index contributed by atoms with van der Waals surface area (Å²) in [7, 11) is 0. The zero-order valence-electron chi connectivity index (χ0n) is 15.7. The van der Waals surface area contributed by atoms with Crippen molar-refractivity contribution in [1.82, 2.24) is 9.88 Å². The number of anilines is 1. The Kier molecular flexibility index (Phi) is 6.12. The topological polar surface area (TPSA) is 105 Å². The predicted molar refractivity (Wildman–Crippen MR) is 106 cm³/mol. The van der Waals surface area contributed by atoms with Crippen LogP contribution in [0.3, 0.4) is 0 Å². The summed E-state index contributed by atoms with van der Waals surface area (Å²) in [5.74, 6) is -2.62. The molecule has 1 aromatic heterocycles. The normalized spacial score (nSPS) is 18.9. The lowest BCUT2D eigenvalue weighted by molar-refractivity contribution is -0.146. The van der Waals surface area contributed by atoms with E-state index in [0.29, 0.717) is 18.5 Å². The number of pyridine rings is 1. The van der Waals surface area contributed by atoms with Gasteiger partial charge in [0.25, 0.3) is 0 Å². The van der Waals surface area contributed by atoms with Crippen LogP contribution in [0.15, 0.2) is 36.7 Å². The zero-order chi connectivity index (χ0) is 21.1. The smallest absolute Gasteiger partial charge is 0.313 e. The lowest BCUT2D eigenvalue weighted by Gasteiger charge is -2.38. The van der Waals surface area contributed by atoms with Crippen molar-refractivity contribution in [1.29, 1.82) is 0 Å². The molecule has 0 saturated carbocycles. The highest BCUT2D eigenvalue weighted by atomic mass is 35.5. The van der Waals surface area contributed by atoms with E-state index >= 15 is 0 Å². The fourth-order valence-corrected chi connectivity index (χ4v) is 3.59. The Labute approximate surface area is 172 Å². The second-order valence-corrected chi connectivity index (χ2v) is 7.52. The summed E-state index contributed by atoms with van der Waals surface area (Å²) in [6.45, 7) is 2.37. The largest absolute Gasteiger partial charge is 0.366 e. The first-order valence-corrected chi connectivity index (χ1v) is 9.45. The third-order valence-corrected chi connectivity index (χ3v) is 5.17. The van der Waals surface area contributed by atoms with Gasteiger partial charge in [-0.25, -0.2) is 4.39 Å². The van der Waals surface area contributed by atoms with Crippen molar-refractivity contribution in [2.45, 2.75) is 25.8 Å². The van der Waals surface area contributed by atoms with E-state index in [-0.39, 0.29) is 22.2 Å². The molecule has 29 heavy (non-hydrogen) atoms. The average Bonchev–Trinajstić information content (AvgIpc) is 2.69. The Bertz CT molecular complexity index is 968. The zero-order valence-corrected chi connectivity index (χ0v) is 16.4. The number of likely N-dealkylation sites (tertiary alicyclic amines) is 1. The van der Waals surface area contributed by atoms with Crippen molar-refractivity contribution < 1.29 is 18.8 Å². The molecule has 0 aliphatic carbocycles. The number of benzene rings is 1. The molecular formula is C20H20ClFN4O3. The number of nitrogens with two attached hydrogens (primary N) is 1. The molecule has 2 heterocycles.